The molecule has 0 saturated carbocycles. The summed E-state index contributed by atoms with van der Waals surface area (Å²) in [5, 5.41) is 8.44. The molecule has 0 unspecified atom stereocenters. The summed E-state index contributed by atoms with van der Waals surface area (Å²) in [6.07, 6.45) is 0. The molecule has 0 aliphatic carbocycles. The molecule has 1 N–H and O–H groups in total. The Kier molecular flexibility index (Phi) is 3.87. The average Bonchev–Trinajstić information content (AvgIpc) is 2.03. The lowest BCUT2D eigenvalue weighted by molar-refractivity contribution is -0.133. The number of benzene rings is 1. The molecule has 2 nitrogen and oxygen atoms in total. The van der Waals surface area contributed by atoms with Crippen LogP contribution in [0.5, 0.6) is 0 Å². The normalized spacial score (nSPS) is 9.75. The molecule has 0 radical (unpaired) electrons. The average molecular weight is 294 g/mol. The number of carboxylic acid groups (broad SMARTS) is 1. The minimum atomic E-state index is -0.778. The Labute approximate surface area is 88.5 Å². The molecule has 1 aromatic rings. The summed E-state index contributed by atoms with van der Waals surface area (Å²) < 4.78 is 1.10. The van der Waals surface area contributed by atoms with Gasteiger partial charge < -0.3 is 5.11 Å². The van der Waals surface area contributed by atoms with Crippen molar-refractivity contribution in [1.29, 1.82) is 0 Å². The number of hydrogen-bond donors (Lipinski definition) is 1. The molecule has 1 aromatic carbocycles. The van der Waals surface area contributed by atoms with E-state index in [1.807, 2.05) is 24.3 Å². The van der Waals surface area contributed by atoms with Gasteiger partial charge in [-0.15, -0.1) is 11.8 Å². The first kappa shape index (κ1) is 9.85. The topological polar surface area (TPSA) is 37.3 Å². The van der Waals surface area contributed by atoms with Crippen molar-refractivity contribution in [2.45, 2.75) is 4.90 Å². The van der Waals surface area contributed by atoms with E-state index in [2.05, 4.69) is 22.6 Å². The van der Waals surface area contributed by atoms with Crippen LogP contribution in [-0.2, 0) is 4.79 Å². The number of carboxylic acids is 1. The standard InChI is InChI=1S/C8H7IO2S/c9-6-3-1-2-4-7(6)12-5-8(10)11/h1-4H,5H2,(H,10,11). The number of rotatable bonds is 3. The van der Waals surface area contributed by atoms with Crippen LogP contribution in [0.15, 0.2) is 29.2 Å². The maximum Gasteiger partial charge on any atom is 0.313 e. The molecule has 0 aliphatic heterocycles. The van der Waals surface area contributed by atoms with E-state index in [9.17, 15) is 4.79 Å². The molecule has 1 rings (SSSR count). The van der Waals surface area contributed by atoms with E-state index in [1.54, 1.807) is 0 Å². The fraction of sp³-hybridized carbons (Fsp3) is 0.125. The van der Waals surface area contributed by atoms with Crippen LogP contribution in [0.25, 0.3) is 0 Å². The zero-order valence-corrected chi connectivity index (χ0v) is 9.13. The molecule has 0 spiro atoms. The van der Waals surface area contributed by atoms with Gasteiger partial charge in [0.2, 0.25) is 0 Å². The summed E-state index contributed by atoms with van der Waals surface area (Å²) in [6, 6.07) is 7.74. The van der Waals surface area contributed by atoms with E-state index in [4.69, 9.17) is 5.11 Å². The van der Waals surface area contributed by atoms with Crippen LogP contribution in [-0.4, -0.2) is 16.8 Å². The van der Waals surface area contributed by atoms with Crippen LogP contribution in [0.4, 0.5) is 0 Å². The lowest BCUT2D eigenvalue weighted by Crippen LogP contribution is -1.97. The van der Waals surface area contributed by atoms with Crippen LogP contribution < -0.4 is 0 Å². The van der Waals surface area contributed by atoms with E-state index in [1.165, 1.54) is 11.8 Å². The van der Waals surface area contributed by atoms with Gasteiger partial charge in [-0.05, 0) is 34.7 Å². The van der Waals surface area contributed by atoms with Gasteiger partial charge in [0.25, 0.3) is 0 Å². The van der Waals surface area contributed by atoms with Crippen molar-refractivity contribution in [1.82, 2.24) is 0 Å². The lowest BCUT2D eigenvalue weighted by atomic mass is 10.4. The summed E-state index contributed by atoms with van der Waals surface area (Å²) in [4.78, 5) is 11.3. The summed E-state index contributed by atoms with van der Waals surface area (Å²) in [6.45, 7) is 0. The largest absolute Gasteiger partial charge is 0.481 e. The summed E-state index contributed by atoms with van der Waals surface area (Å²) >= 11 is 3.54. The molecule has 12 heavy (non-hydrogen) atoms. The van der Waals surface area contributed by atoms with Gasteiger partial charge in [-0.1, -0.05) is 12.1 Å². The molecule has 64 valence electrons. The van der Waals surface area contributed by atoms with E-state index < -0.39 is 5.97 Å². The molecule has 0 aromatic heterocycles. The Bertz CT molecular complexity index is 288. The first-order chi connectivity index (χ1) is 5.70. The van der Waals surface area contributed by atoms with Crippen LogP contribution in [0, 0.1) is 3.57 Å². The third kappa shape index (κ3) is 3.02. The number of thioether (sulfide) groups is 1. The minimum Gasteiger partial charge on any atom is -0.481 e. The van der Waals surface area contributed by atoms with E-state index in [0.29, 0.717) is 0 Å². The summed E-state index contributed by atoms with van der Waals surface area (Å²) in [5.41, 5.74) is 0. The quantitative estimate of drug-likeness (QED) is 0.687. The van der Waals surface area contributed by atoms with Gasteiger partial charge in [0.15, 0.2) is 0 Å². The van der Waals surface area contributed by atoms with Crippen molar-refractivity contribution < 1.29 is 9.90 Å². The second-order valence-corrected chi connectivity index (χ2v) is 4.29. The maximum absolute atomic E-state index is 10.3. The van der Waals surface area contributed by atoms with Gasteiger partial charge in [-0.2, -0.15) is 0 Å². The fourth-order valence-corrected chi connectivity index (χ4v) is 2.22. The van der Waals surface area contributed by atoms with Crippen molar-refractivity contribution in [2.75, 3.05) is 5.75 Å². The molecule has 0 heterocycles. The predicted octanol–water partition coefficient (Wildman–Crippen LogP) is 2.47. The number of hydrogen-bond acceptors (Lipinski definition) is 2. The smallest absolute Gasteiger partial charge is 0.313 e. The van der Waals surface area contributed by atoms with E-state index >= 15 is 0 Å². The Balaban J connectivity index is 2.63. The molecule has 0 bridgehead atoms. The molecular weight excluding hydrogens is 287 g/mol. The fourth-order valence-electron chi connectivity index (χ4n) is 0.701. The van der Waals surface area contributed by atoms with E-state index in [0.717, 1.165) is 8.47 Å². The summed E-state index contributed by atoms with van der Waals surface area (Å²) in [7, 11) is 0. The second kappa shape index (κ2) is 4.71. The first-order valence-corrected chi connectivity index (χ1v) is 5.35. The van der Waals surface area contributed by atoms with Crippen molar-refractivity contribution in [3.8, 4) is 0 Å². The van der Waals surface area contributed by atoms with Crippen molar-refractivity contribution >= 4 is 40.3 Å². The molecule has 0 aliphatic rings. The highest BCUT2D eigenvalue weighted by Crippen LogP contribution is 2.23. The van der Waals surface area contributed by atoms with Crippen LogP contribution in [0.2, 0.25) is 0 Å². The predicted molar refractivity (Wildman–Crippen MR) is 57.5 cm³/mol. The van der Waals surface area contributed by atoms with Crippen molar-refractivity contribution in [2.24, 2.45) is 0 Å². The van der Waals surface area contributed by atoms with E-state index in [-0.39, 0.29) is 5.75 Å². The van der Waals surface area contributed by atoms with Gasteiger partial charge >= 0.3 is 5.97 Å². The second-order valence-electron chi connectivity index (χ2n) is 2.11. The van der Waals surface area contributed by atoms with Crippen molar-refractivity contribution in [3.63, 3.8) is 0 Å². The highest BCUT2D eigenvalue weighted by Gasteiger charge is 2.01. The van der Waals surface area contributed by atoms with Gasteiger partial charge in [0, 0.05) is 8.47 Å². The molecular formula is C8H7IO2S. The molecule has 0 atom stereocenters. The van der Waals surface area contributed by atoms with Crippen LogP contribution in [0.3, 0.4) is 0 Å². The Hall–Kier alpha value is -0.230. The minimum absolute atomic E-state index is 0.125. The molecule has 0 saturated heterocycles. The monoisotopic (exact) mass is 294 g/mol. The van der Waals surface area contributed by atoms with Crippen LogP contribution in [0.1, 0.15) is 0 Å². The Morgan fingerprint density at radius 3 is 2.75 bits per heavy atom. The highest BCUT2D eigenvalue weighted by molar-refractivity contribution is 14.1. The highest BCUT2D eigenvalue weighted by atomic mass is 127. The third-order valence-electron chi connectivity index (χ3n) is 1.19. The number of carbonyl (C=O) groups is 1. The van der Waals surface area contributed by atoms with Gasteiger partial charge in [-0.3, -0.25) is 4.79 Å². The molecule has 4 heteroatoms. The SMILES string of the molecule is O=C(O)CSc1ccccc1I. The van der Waals surface area contributed by atoms with Gasteiger partial charge in [0.05, 0.1) is 5.75 Å². The summed E-state index contributed by atoms with van der Waals surface area (Å²) in [5.74, 6) is -0.653. The lowest BCUT2D eigenvalue weighted by Gasteiger charge is -2.00. The first-order valence-electron chi connectivity index (χ1n) is 3.29. The van der Waals surface area contributed by atoms with Gasteiger partial charge in [-0.25, -0.2) is 0 Å². The zero-order valence-electron chi connectivity index (χ0n) is 6.16. The Morgan fingerprint density at radius 1 is 1.50 bits per heavy atom. The number of aliphatic carboxylic acids is 1. The zero-order chi connectivity index (χ0) is 8.97. The number of halogens is 1. The maximum atomic E-state index is 10.3. The third-order valence-corrected chi connectivity index (χ3v) is 3.55. The van der Waals surface area contributed by atoms with Crippen LogP contribution >= 0.6 is 34.4 Å². The van der Waals surface area contributed by atoms with Crippen molar-refractivity contribution in [3.05, 3.63) is 27.8 Å². The molecule has 0 amide bonds. The van der Waals surface area contributed by atoms with Gasteiger partial charge in [0.1, 0.15) is 0 Å². The molecule has 0 fully saturated rings. The Morgan fingerprint density at radius 2 is 2.17 bits per heavy atom.